The van der Waals surface area contributed by atoms with Gasteiger partial charge in [-0.1, -0.05) is 17.7 Å². The summed E-state index contributed by atoms with van der Waals surface area (Å²) in [6.45, 7) is 0. The van der Waals surface area contributed by atoms with Crippen LogP contribution in [0.3, 0.4) is 0 Å². The van der Waals surface area contributed by atoms with Gasteiger partial charge in [0.1, 0.15) is 10.2 Å². The van der Waals surface area contributed by atoms with E-state index >= 15 is 0 Å². The minimum Gasteiger partial charge on any atom is -0.309 e. The summed E-state index contributed by atoms with van der Waals surface area (Å²) in [5.74, 6) is -0.265. The lowest BCUT2D eigenvalue weighted by atomic mass is 10.1. The van der Waals surface area contributed by atoms with Gasteiger partial charge >= 0.3 is 0 Å². The Labute approximate surface area is 131 Å². The molecule has 6 heteroatoms. The second-order valence-corrected chi connectivity index (χ2v) is 7.06. The van der Waals surface area contributed by atoms with Crippen molar-refractivity contribution >= 4 is 54.8 Å². The molecule has 0 fully saturated rings. The summed E-state index contributed by atoms with van der Waals surface area (Å²) in [5, 5.41) is 3.21. The van der Waals surface area contributed by atoms with Gasteiger partial charge in [-0.15, -0.1) is 11.3 Å². The van der Waals surface area contributed by atoms with Crippen LogP contribution in [0.15, 0.2) is 33.2 Å². The second kappa shape index (κ2) is 6.01. The molecule has 18 heavy (non-hydrogen) atoms. The summed E-state index contributed by atoms with van der Waals surface area (Å²) >= 11 is 14.1. The van der Waals surface area contributed by atoms with E-state index in [-0.39, 0.29) is 11.9 Å². The zero-order valence-corrected chi connectivity index (χ0v) is 14.1. The first-order chi connectivity index (χ1) is 8.52. The zero-order chi connectivity index (χ0) is 13.3. The Morgan fingerprint density at radius 1 is 1.28 bits per heavy atom. The van der Waals surface area contributed by atoms with Gasteiger partial charge in [0, 0.05) is 9.35 Å². The maximum atomic E-state index is 13.2. The normalized spacial score (nSPS) is 12.7. The van der Waals surface area contributed by atoms with E-state index in [2.05, 4.69) is 37.2 Å². The lowest BCUT2D eigenvalue weighted by Gasteiger charge is -2.15. The molecule has 1 heterocycles. The molecule has 1 unspecified atom stereocenters. The van der Waals surface area contributed by atoms with Crippen LogP contribution in [0.1, 0.15) is 16.5 Å². The average molecular weight is 414 g/mol. The third-order valence-corrected chi connectivity index (χ3v) is 5.66. The van der Waals surface area contributed by atoms with Crippen molar-refractivity contribution < 1.29 is 4.39 Å². The van der Waals surface area contributed by atoms with E-state index in [1.54, 1.807) is 12.1 Å². The summed E-state index contributed by atoms with van der Waals surface area (Å²) in [6.07, 6.45) is 0. The molecule has 0 spiro atoms. The molecule has 1 atom stereocenters. The fourth-order valence-electron chi connectivity index (χ4n) is 1.67. The molecule has 2 aromatic rings. The lowest BCUT2D eigenvalue weighted by Crippen LogP contribution is -2.16. The minimum atomic E-state index is -0.265. The van der Waals surface area contributed by atoms with Crippen LogP contribution in [0.25, 0.3) is 0 Å². The van der Waals surface area contributed by atoms with Crippen molar-refractivity contribution in [2.45, 2.75) is 6.04 Å². The van der Waals surface area contributed by atoms with E-state index in [0.29, 0.717) is 8.81 Å². The van der Waals surface area contributed by atoms with E-state index in [1.165, 1.54) is 17.4 Å². The number of nitrogens with one attached hydrogen (secondary N) is 1. The molecular formula is C12H9Br2ClFNS. The summed E-state index contributed by atoms with van der Waals surface area (Å²) in [5.41, 5.74) is 0.983. The Balaban J connectivity index is 2.41. The minimum absolute atomic E-state index is 0.00398. The quantitative estimate of drug-likeness (QED) is 0.713. The van der Waals surface area contributed by atoms with E-state index in [4.69, 9.17) is 11.6 Å². The molecule has 1 nitrogen and oxygen atoms in total. The van der Waals surface area contributed by atoms with Crippen molar-refractivity contribution in [3.8, 4) is 0 Å². The molecule has 1 aromatic heterocycles. The SMILES string of the molecule is CNC(c1ccc(F)c(Br)c1)c1cc(Br)c(Cl)s1. The standard InChI is InChI=1S/C12H9Br2ClFNS/c1-17-11(10-5-8(14)12(15)18-10)6-2-3-9(16)7(13)4-6/h2-5,11,17H,1H3. The van der Waals surface area contributed by atoms with Crippen LogP contribution in [0, 0.1) is 5.82 Å². The number of hydrogen-bond donors (Lipinski definition) is 1. The number of thiophene rings is 1. The highest BCUT2D eigenvalue weighted by atomic mass is 79.9. The van der Waals surface area contributed by atoms with Gasteiger partial charge in [-0.3, -0.25) is 0 Å². The van der Waals surface area contributed by atoms with E-state index in [9.17, 15) is 4.39 Å². The highest BCUT2D eigenvalue weighted by Crippen LogP contribution is 2.37. The van der Waals surface area contributed by atoms with Gasteiger partial charge in [0.2, 0.25) is 0 Å². The van der Waals surface area contributed by atoms with Crippen LogP contribution in [0.4, 0.5) is 4.39 Å². The Bertz CT molecular complexity index is 554. The van der Waals surface area contributed by atoms with Crippen molar-refractivity contribution in [3.05, 3.63) is 53.8 Å². The molecule has 1 N–H and O–H groups in total. The highest BCUT2D eigenvalue weighted by molar-refractivity contribution is 9.10. The smallest absolute Gasteiger partial charge is 0.137 e. The molecule has 0 aliphatic carbocycles. The van der Waals surface area contributed by atoms with Gasteiger partial charge in [-0.25, -0.2) is 4.39 Å². The Kier molecular flexibility index (Phi) is 4.83. The van der Waals surface area contributed by atoms with E-state index in [0.717, 1.165) is 14.9 Å². The van der Waals surface area contributed by atoms with Crippen molar-refractivity contribution in [3.63, 3.8) is 0 Å². The molecule has 0 aliphatic rings. The maximum absolute atomic E-state index is 13.2. The molecule has 0 saturated carbocycles. The van der Waals surface area contributed by atoms with Crippen LogP contribution < -0.4 is 5.32 Å². The molecule has 0 radical (unpaired) electrons. The highest BCUT2D eigenvalue weighted by Gasteiger charge is 2.17. The Hall–Kier alpha value is 0.0600. The second-order valence-electron chi connectivity index (χ2n) is 3.67. The van der Waals surface area contributed by atoms with Crippen LogP contribution in [-0.2, 0) is 0 Å². The van der Waals surface area contributed by atoms with Gasteiger partial charge in [0.05, 0.1) is 10.5 Å². The first kappa shape index (κ1) is 14.5. The van der Waals surface area contributed by atoms with E-state index in [1.807, 2.05) is 13.1 Å². The van der Waals surface area contributed by atoms with Crippen molar-refractivity contribution in [2.75, 3.05) is 7.05 Å². The van der Waals surface area contributed by atoms with Gasteiger partial charge in [-0.05, 0) is 62.7 Å². The first-order valence-corrected chi connectivity index (χ1v) is 7.88. The summed E-state index contributed by atoms with van der Waals surface area (Å²) in [7, 11) is 1.86. The summed E-state index contributed by atoms with van der Waals surface area (Å²) in [6, 6.07) is 6.97. The van der Waals surface area contributed by atoms with Crippen LogP contribution >= 0.6 is 54.8 Å². The van der Waals surface area contributed by atoms with Crippen LogP contribution in [-0.4, -0.2) is 7.05 Å². The third kappa shape index (κ3) is 2.96. The maximum Gasteiger partial charge on any atom is 0.137 e. The zero-order valence-electron chi connectivity index (χ0n) is 9.31. The van der Waals surface area contributed by atoms with Gasteiger partial charge < -0.3 is 5.32 Å². The Morgan fingerprint density at radius 3 is 2.50 bits per heavy atom. The fraction of sp³-hybridized carbons (Fsp3) is 0.167. The van der Waals surface area contributed by atoms with Crippen LogP contribution in [0.2, 0.25) is 4.34 Å². The predicted molar refractivity (Wildman–Crippen MR) is 82.0 cm³/mol. The molecule has 2 rings (SSSR count). The van der Waals surface area contributed by atoms with Crippen molar-refractivity contribution in [2.24, 2.45) is 0 Å². The van der Waals surface area contributed by atoms with Crippen molar-refractivity contribution in [1.82, 2.24) is 5.32 Å². The molecule has 96 valence electrons. The number of benzene rings is 1. The molecule has 0 aliphatic heterocycles. The molecule has 0 bridgehead atoms. The first-order valence-electron chi connectivity index (χ1n) is 5.10. The third-order valence-electron chi connectivity index (χ3n) is 2.51. The fourth-order valence-corrected chi connectivity index (χ4v) is 3.94. The summed E-state index contributed by atoms with van der Waals surface area (Å²) in [4.78, 5) is 1.08. The van der Waals surface area contributed by atoms with Gasteiger partial charge in [0.15, 0.2) is 0 Å². The molecule has 1 aromatic carbocycles. The van der Waals surface area contributed by atoms with Crippen molar-refractivity contribution in [1.29, 1.82) is 0 Å². The molecule has 0 amide bonds. The number of halogens is 4. The average Bonchev–Trinajstić information content (AvgIpc) is 2.65. The monoisotopic (exact) mass is 411 g/mol. The van der Waals surface area contributed by atoms with Gasteiger partial charge in [0.25, 0.3) is 0 Å². The topological polar surface area (TPSA) is 12.0 Å². The Morgan fingerprint density at radius 2 is 2.00 bits per heavy atom. The molecule has 0 saturated heterocycles. The number of hydrogen-bond acceptors (Lipinski definition) is 2. The lowest BCUT2D eigenvalue weighted by molar-refractivity contribution is 0.617. The number of rotatable bonds is 3. The van der Waals surface area contributed by atoms with E-state index < -0.39 is 0 Å². The summed E-state index contributed by atoms with van der Waals surface area (Å²) < 4.78 is 15.3. The van der Waals surface area contributed by atoms with Crippen LogP contribution in [0.5, 0.6) is 0 Å². The molecular weight excluding hydrogens is 404 g/mol. The predicted octanol–water partition coefficient (Wildman–Crippen LogP) is 5.37. The van der Waals surface area contributed by atoms with Gasteiger partial charge in [-0.2, -0.15) is 0 Å². The largest absolute Gasteiger partial charge is 0.309 e.